The molecule has 1 atom stereocenters. The molecule has 1 fully saturated rings. The summed E-state index contributed by atoms with van der Waals surface area (Å²) < 4.78 is 5.79. The van der Waals surface area contributed by atoms with Crippen molar-refractivity contribution in [3.63, 3.8) is 0 Å². The summed E-state index contributed by atoms with van der Waals surface area (Å²) in [5.41, 5.74) is 0.365. The fourth-order valence-electron chi connectivity index (χ4n) is 2.12. The van der Waals surface area contributed by atoms with Crippen LogP contribution >= 0.6 is 23.2 Å². The number of hydrogen-bond donors (Lipinski definition) is 0. The van der Waals surface area contributed by atoms with Crippen molar-refractivity contribution in [1.29, 1.82) is 0 Å². The molecule has 16 heavy (non-hydrogen) atoms. The van der Waals surface area contributed by atoms with E-state index in [9.17, 15) is 0 Å². The predicted octanol–water partition coefficient (Wildman–Crippen LogP) is 4.35. The minimum absolute atomic E-state index is 0.223. The number of halogens is 2. The van der Waals surface area contributed by atoms with Crippen molar-refractivity contribution in [2.75, 3.05) is 0 Å². The van der Waals surface area contributed by atoms with Crippen LogP contribution in [-0.2, 0) is 0 Å². The molecule has 88 valence electrons. The van der Waals surface area contributed by atoms with Gasteiger partial charge in [-0.05, 0) is 30.7 Å². The molecular weight excluding hydrogens is 245 g/mol. The standard InChI is InChI=1S/C12H15Cl2NO/c1-12(2)4-3-9(6-12)16-11-10(14)5-8(13)7-15-11/h5,7,9H,3-4,6H2,1-2H3. The molecule has 2 nitrogen and oxygen atoms in total. The van der Waals surface area contributed by atoms with Crippen molar-refractivity contribution < 1.29 is 4.74 Å². The van der Waals surface area contributed by atoms with Crippen molar-refractivity contribution in [2.45, 2.75) is 39.2 Å². The van der Waals surface area contributed by atoms with Crippen LogP contribution in [0.15, 0.2) is 12.3 Å². The number of ether oxygens (including phenoxy) is 1. The lowest BCUT2D eigenvalue weighted by atomic mass is 9.92. The molecule has 0 spiro atoms. The van der Waals surface area contributed by atoms with Gasteiger partial charge in [-0.2, -0.15) is 0 Å². The fourth-order valence-corrected chi connectivity index (χ4v) is 2.54. The summed E-state index contributed by atoms with van der Waals surface area (Å²) in [7, 11) is 0. The Morgan fingerprint density at radius 1 is 1.44 bits per heavy atom. The molecule has 0 amide bonds. The summed E-state index contributed by atoms with van der Waals surface area (Å²) in [6, 6.07) is 1.66. The van der Waals surface area contributed by atoms with Crippen LogP contribution in [-0.4, -0.2) is 11.1 Å². The number of pyridine rings is 1. The van der Waals surface area contributed by atoms with E-state index in [0.717, 1.165) is 12.8 Å². The maximum absolute atomic E-state index is 6.01. The molecule has 4 heteroatoms. The minimum atomic E-state index is 0.223. The van der Waals surface area contributed by atoms with Crippen molar-refractivity contribution in [2.24, 2.45) is 5.41 Å². The fraction of sp³-hybridized carbons (Fsp3) is 0.583. The average Bonchev–Trinajstić information content (AvgIpc) is 2.51. The first-order chi connectivity index (χ1) is 7.46. The molecule has 2 rings (SSSR count). The van der Waals surface area contributed by atoms with E-state index in [-0.39, 0.29) is 6.10 Å². The van der Waals surface area contributed by atoms with Gasteiger partial charge in [0.15, 0.2) is 0 Å². The second-order valence-corrected chi connectivity index (χ2v) is 5.93. The molecule has 1 aliphatic rings. The number of aromatic nitrogens is 1. The van der Waals surface area contributed by atoms with Gasteiger partial charge >= 0.3 is 0 Å². The second kappa shape index (κ2) is 4.42. The van der Waals surface area contributed by atoms with Gasteiger partial charge in [-0.15, -0.1) is 0 Å². The molecule has 0 aromatic carbocycles. The first-order valence-corrected chi connectivity index (χ1v) is 6.20. The second-order valence-electron chi connectivity index (χ2n) is 5.09. The Kier molecular flexibility index (Phi) is 3.32. The molecule has 1 aromatic rings. The Balaban J connectivity index is 2.05. The summed E-state index contributed by atoms with van der Waals surface area (Å²) in [5, 5.41) is 1.02. The summed E-state index contributed by atoms with van der Waals surface area (Å²) in [5.74, 6) is 0.494. The maximum Gasteiger partial charge on any atom is 0.232 e. The van der Waals surface area contributed by atoms with Crippen molar-refractivity contribution in [1.82, 2.24) is 4.98 Å². The Morgan fingerprint density at radius 2 is 2.19 bits per heavy atom. The first-order valence-electron chi connectivity index (χ1n) is 5.44. The van der Waals surface area contributed by atoms with Crippen LogP contribution in [0.4, 0.5) is 0 Å². The van der Waals surface area contributed by atoms with E-state index < -0.39 is 0 Å². The molecule has 1 unspecified atom stereocenters. The highest BCUT2D eigenvalue weighted by atomic mass is 35.5. The van der Waals surface area contributed by atoms with Crippen LogP contribution in [0.25, 0.3) is 0 Å². The molecule has 1 heterocycles. The van der Waals surface area contributed by atoms with Gasteiger partial charge in [0, 0.05) is 6.20 Å². The van der Waals surface area contributed by atoms with E-state index in [4.69, 9.17) is 27.9 Å². The van der Waals surface area contributed by atoms with E-state index in [1.54, 1.807) is 12.3 Å². The van der Waals surface area contributed by atoms with E-state index in [2.05, 4.69) is 18.8 Å². The number of hydrogen-bond acceptors (Lipinski definition) is 2. The first kappa shape index (κ1) is 12.0. The zero-order valence-corrected chi connectivity index (χ0v) is 11.0. The third-order valence-corrected chi connectivity index (χ3v) is 3.45. The highest BCUT2D eigenvalue weighted by Gasteiger charge is 2.32. The van der Waals surface area contributed by atoms with Crippen LogP contribution in [0.3, 0.4) is 0 Å². The summed E-state index contributed by atoms with van der Waals surface area (Å²) in [6.45, 7) is 4.51. The summed E-state index contributed by atoms with van der Waals surface area (Å²) in [6.07, 6.45) is 5.08. The Bertz CT molecular complexity index is 393. The molecule has 0 bridgehead atoms. The lowest BCUT2D eigenvalue weighted by Crippen LogP contribution is -2.15. The number of rotatable bonds is 2. The van der Waals surface area contributed by atoms with Gasteiger partial charge < -0.3 is 4.74 Å². The van der Waals surface area contributed by atoms with Crippen LogP contribution in [0.1, 0.15) is 33.1 Å². The van der Waals surface area contributed by atoms with Crippen LogP contribution in [0.2, 0.25) is 10.0 Å². The SMILES string of the molecule is CC1(C)CCC(Oc2ncc(Cl)cc2Cl)C1. The van der Waals surface area contributed by atoms with Crippen molar-refractivity contribution in [3.05, 3.63) is 22.3 Å². The molecule has 0 N–H and O–H groups in total. The smallest absolute Gasteiger partial charge is 0.232 e. The lowest BCUT2D eigenvalue weighted by molar-refractivity contribution is 0.186. The van der Waals surface area contributed by atoms with Gasteiger partial charge in [-0.1, -0.05) is 37.0 Å². The maximum atomic E-state index is 6.01. The van der Waals surface area contributed by atoms with Crippen LogP contribution < -0.4 is 4.74 Å². The lowest BCUT2D eigenvalue weighted by Gasteiger charge is -2.18. The highest BCUT2D eigenvalue weighted by Crippen LogP contribution is 2.39. The monoisotopic (exact) mass is 259 g/mol. The van der Waals surface area contributed by atoms with Gasteiger partial charge in [0.1, 0.15) is 11.1 Å². The highest BCUT2D eigenvalue weighted by molar-refractivity contribution is 6.35. The molecule has 0 saturated heterocycles. The summed E-state index contributed by atoms with van der Waals surface area (Å²) in [4.78, 5) is 4.10. The molecular formula is C12H15Cl2NO. The molecule has 0 aliphatic heterocycles. The molecule has 1 aliphatic carbocycles. The normalized spacial score (nSPS) is 23.4. The van der Waals surface area contributed by atoms with E-state index in [0.29, 0.717) is 21.3 Å². The van der Waals surface area contributed by atoms with E-state index in [1.807, 2.05) is 0 Å². The van der Waals surface area contributed by atoms with Gasteiger partial charge in [0.2, 0.25) is 5.88 Å². The summed E-state index contributed by atoms with van der Waals surface area (Å²) >= 11 is 11.8. The third-order valence-electron chi connectivity index (χ3n) is 2.98. The topological polar surface area (TPSA) is 22.1 Å². The van der Waals surface area contributed by atoms with Crippen molar-refractivity contribution >= 4 is 23.2 Å². The molecule has 1 saturated carbocycles. The average molecular weight is 260 g/mol. The van der Waals surface area contributed by atoms with Gasteiger partial charge in [0.05, 0.1) is 5.02 Å². The largest absolute Gasteiger partial charge is 0.473 e. The number of nitrogens with zero attached hydrogens (tertiary/aromatic N) is 1. The third kappa shape index (κ3) is 2.80. The Hall–Kier alpha value is -0.470. The molecule has 1 aromatic heterocycles. The predicted molar refractivity (Wildman–Crippen MR) is 66.3 cm³/mol. The Morgan fingerprint density at radius 3 is 2.75 bits per heavy atom. The van der Waals surface area contributed by atoms with Crippen LogP contribution in [0.5, 0.6) is 5.88 Å². The molecule has 0 radical (unpaired) electrons. The Labute approximate surface area is 106 Å². The van der Waals surface area contributed by atoms with E-state index >= 15 is 0 Å². The van der Waals surface area contributed by atoms with E-state index in [1.165, 1.54) is 6.42 Å². The van der Waals surface area contributed by atoms with Crippen LogP contribution in [0, 0.1) is 5.41 Å². The van der Waals surface area contributed by atoms with Gasteiger partial charge in [0.25, 0.3) is 0 Å². The van der Waals surface area contributed by atoms with Gasteiger partial charge in [-0.3, -0.25) is 0 Å². The zero-order valence-electron chi connectivity index (χ0n) is 9.46. The van der Waals surface area contributed by atoms with Gasteiger partial charge in [-0.25, -0.2) is 4.98 Å². The quantitative estimate of drug-likeness (QED) is 0.788. The minimum Gasteiger partial charge on any atom is -0.473 e. The zero-order chi connectivity index (χ0) is 11.8. The van der Waals surface area contributed by atoms with Crippen molar-refractivity contribution in [3.8, 4) is 5.88 Å².